The minimum absolute atomic E-state index is 0.0646. The summed E-state index contributed by atoms with van der Waals surface area (Å²) in [6.07, 6.45) is 5.18. The maximum atomic E-state index is 13.2. The average Bonchev–Trinajstić information content (AvgIpc) is 3.29. The number of aromatic nitrogens is 4. The molecule has 3 aromatic heterocycles. The number of alkyl carbamates (subject to hydrolysis) is 1. The minimum Gasteiger partial charge on any atom is -0.453 e. The van der Waals surface area contributed by atoms with Crippen LogP contribution in [0.4, 0.5) is 10.5 Å². The van der Waals surface area contributed by atoms with Crippen molar-refractivity contribution < 1.29 is 19.1 Å². The van der Waals surface area contributed by atoms with E-state index in [0.29, 0.717) is 18.2 Å². The Morgan fingerprint density at radius 3 is 2.65 bits per heavy atom. The predicted octanol–water partition coefficient (Wildman–Crippen LogP) is 2.76. The molecule has 0 saturated carbocycles. The van der Waals surface area contributed by atoms with Crippen molar-refractivity contribution in [2.45, 2.75) is 52.6 Å². The number of methoxy groups -OCH3 is 1. The van der Waals surface area contributed by atoms with Crippen LogP contribution in [0.5, 0.6) is 0 Å². The summed E-state index contributed by atoms with van der Waals surface area (Å²) >= 11 is 0. The van der Waals surface area contributed by atoms with Gasteiger partial charge in [-0.2, -0.15) is 0 Å². The fraction of sp³-hybridized carbons (Fsp3) is 0.429. The van der Waals surface area contributed by atoms with Crippen LogP contribution in [0.3, 0.4) is 0 Å². The number of nitrogens with zero attached hydrogens (tertiary/aromatic N) is 4. The van der Waals surface area contributed by atoms with E-state index in [-0.39, 0.29) is 24.6 Å². The number of nitrogens with one attached hydrogen (secondary N) is 3. The summed E-state index contributed by atoms with van der Waals surface area (Å²) in [6, 6.07) is 4.07. The number of H-pyrrole nitrogens is 1. The Morgan fingerprint density at radius 2 is 1.98 bits per heavy atom. The summed E-state index contributed by atoms with van der Waals surface area (Å²) in [4.78, 5) is 63.7. The lowest BCUT2D eigenvalue weighted by Crippen LogP contribution is -2.44. The summed E-state index contributed by atoms with van der Waals surface area (Å²) in [5.41, 5.74) is 3.00. The minimum atomic E-state index is -0.991. The van der Waals surface area contributed by atoms with Gasteiger partial charge in [0.15, 0.2) is 0 Å². The van der Waals surface area contributed by atoms with Crippen LogP contribution >= 0.6 is 0 Å². The third kappa shape index (κ3) is 8.01. The van der Waals surface area contributed by atoms with Crippen molar-refractivity contribution >= 4 is 34.6 Å². The van der Waals surface area contributed by atoms with Gasteiger partial charge in [0.2, 0.25) is 11.8 Å². The van der Waals surface area contributed by atoms with Crippen LogP contribution < -0.4 is 16.2 Å². The van der Waals surface area contributed by atoms with Crippen LogP contribution in [0.1, 0.15) is 43.9 Å². The number of hydrogen-bond donors (Lipinski definition) is 3. The lowest BCUT2D eigenvalue weighted by molar-refractivity contribution is -0.123. The van der Waals surface area contributed by atoms with Crippen LogP contribution in [0.15, 0.2) is 41.3 Å². The SMILES string of the molecule is COC(=O)NC(CCC=CC(=O)N(C)C)C(=O)Nc1cccn(Cc2cc3nc(C)nc(CC(C)C)c3[nH]2)c1=O. The Bertz CT molecular complexity index is 1450. The van der Waals surface area contributed by atoms with Crippen LogP contribution in [0, 0.1) is 12.8 Å². The van der Waals surface area contributed by atoms with Gasteiger partial charge in [0.25, 0.3) is 5.56 Å². The van der Waals surface area contributed by atoms with Gasteiger partial charge < -0.3 is 29.8 Å². The lowest BCUT2D eigenvalue weighted by atomic mass is 10.1. The third-order valence-electron chi connectivity index (χ3n) is 6.06. The number of pyridine rings is 1. The van der Waals surface area contributed by atoms with Gasteiger partial charge in [0, 0.05) is 26.0 Å². The molecule has 0 bridgehead atoms. The van der Waals surface area contributed by atoms with Gasteiger partial charge >= 0.3 is 6.09 Å². The standard InChI is InChI=1S/C28H37N7O5/c1-17(2)14-22-25-23(30-18(3)29-22)15-19(31-25)16-35-13-9-11-21(27(35)38)32-26(37)20(33-28(39)40-6)10-7-8-12-24(36)34(4)5/h8-9,11-13,15,17,20,31H,7,10,14,16H2,1-6H3,(H,32,37)(H,33,39). The Morgan fingerprint density at radius 1 is 1.23 bits per heavy atom. The second-order valence-electron chi connectivity index (χ2n) is 10.1. The van der Waals surface area contributed by atoms with E-state index in [4.69, 9.17) is 0 Å². The van der Waals surface area contributed by atoms with E-state index < -0.39 is 23.6 Å². The van der Waals surface area contributed by atoms with Crippen molar-refractivity contribution in [1.82, 2.24) is 29.7 Å². The molecular formula is C28H37N7O5. The molecule has 0 aliphatic rings. The molecule has 3 aromatic rings. The van der Waals surface area contributed by atoms with Crippen LogP contribution in [0.2, 0.25) is 0 Å². The topological polar surface area (TPSA) is 151 Å². The summed E-state index contributed by atoms with van der Waals surface area (Å²) in [5, 5.41) is 5.10. The summed E-state index contributed by atoms with van der Waals surface area (Å²) in [6.45, 7) is 6.34. The highest BCUT2D eigenvalue weighted by molar-refractivity contribution is 5.96. The zero-order valence-electron chi connectivity index (χ0n) is 23.8. The number of carbonyl (C=O) groups is 3. The highest BCUT2D eigenvalue weighted by Gasteiger charge is 2.22. The van der Waals surface area contributed by atoms with Gasteiger partial charge in [0.05, 0.1) is 30.4 Å². The molecule has 0 aliphatic carbocycles. The first-order valence-corrected chi connectivity index (χ1v) is 13.1. The van der Waals surface area contributed by atoms with E-state index in [0.717, 1.165) is 28.8 Å². The molecule has 12 nitrogen and oxygen atoms in total. The molecule has 1 unspecified atom stereocenters. The first kappa shape index (κ1) is 30.1. The first-order valence-electron chi connectivity index (χ1n) is 13.1. The Balaban J connectivity index is 1.78. The molecule has 214 valence electrons. The maximum Gasteiger partial charge on any atom is 0.407 e. The number of aryl methyl sites for hydroxylation is 1. The fourth-order valence-electron chi connectivity index (χ4n) is 4.10. The van der Waals surface area contributed by atoms with Gasteiger partial charge in [-0.25, -0.2) is 14.8 Å². The number of hydrogen-bond acceptors (Lipinski definition) is 7. The number of allylic oxidation sites excluding steroid dienone is 1. The molecule has 0 spiro atoms. The number of amides is 3. The number of carbonyl (C=O) groups excluding carboxylic acids is 3. The van der Waals surface area contributed by atoms with Crippen LogP contribution in [0.25, 0.3) is 11.0 Å². The monoisotopic (exact) mass is 551 g/mol. The van der Waals surface area contributed by atoms with Gasteiger partial charge in [-0.1, -0.05) is 19.9 Å². The second-order valence-corrected chi connectivity index (χ2v) is 10.1. The molecule has 12 heteroatoms. The molecule has 0 saturated heterocycles. The smallest absolute Gasteiger partial charge is 0.407 e. The molecule has 0 aliphatic heterocycles. The van der Waals surface area contributed by atoms with Crippen molar-refractivity contribution in [1.29, 1.82) is 0 Å². The van der Waals surface area contributed by atoms with E-state index in [9.17, 15) is 19.2 Å². The average molecular weight is 552 g/mol. The number of rotatable bonds is 11. The second kappa shape index (κ2) is 13.5. The number of ether oxygens (including phenoxy) is 1. The molecule has 0 radical (unpaired) electrons. The van der Waals surface area contributed by atoms with Crippen molar-refractivity contribution in [3.8, 4) is 0 Å². The van der Waals surface area contributed by atoms with E-state index in [1.807, 2.05) is 13.0 Å². The molecule has 3 rings (SSSR count). The number of aromatic amines is 1. The molecule has 40 heavy (non-hydrogen) atoms. The number of anilines is 1. The molecule has 0 fully saturated rings. The molecule has 3 heterocycles. The normalized spacial score (nSPS) is 12.1. The van der Waals surface area contributed by atoms with Crippen molar-refractivity contribution in [3.63, 3.8) is 0 Å². The van der Waals surface area contributed by atoms with E-state index >= 15 is 0 Å². The van der Waals surface area contributed by atoms with Crippen LogP contribution in [-0.2, 0) is 27.3 Å². The maximum absolute atomic E-state index is 13.2. The zero-order valence-corrected chi connectivity index (χ0v) is 23.8. The first-order chi connectivity index (χ1) is 19.0. The fourth-order valence-corrected chi connectivity index (χ4v) is 4.10. The third-order valence-corrected chi connectivity index (χ3v) is 6.06. The Hall–Kier alpha value is -4.48. The van der Waals surface area contributed by atoms with Crippen LogP contribution in [-0.4, -0.2) is 69.6 Å². The largest absolute Gasteiger partial charge is 0.453 e. The number of fused-ring (bicyclic) bond motifs is 1. The van der Waals surface area contributed by atoms with Gasteiger partial charge in [-0.3, -0.25) is 14.4 Å². The predicted molar refractivity (Wildman–Crippen MR) is 152 cm³/mol. The van der Waals surface area contributed by atoms with Gasteiger partial charge in [-0.15, -0.1) is 0 Å². The number of likely N-dealkylation sites (N-methyl/N-ethyl adjacent to an activating group) is 1. The summed E-state index contributed by atoms with van der Waals surface area (Å²) < 4.78 is 6.11. The highest BCUT2D eigenvalue weighted by atomic mass is 16.5. The quantitative estimate of drug-likeness (QED) is 0.310. The lowest BCUT2D eigenvalue weighted by Gasteiger charge is -2.17. The summed E-state index contributed by atoms with van der Waals surface area (Å²) in [5.74, 6) is 0.328. The molecule has 1 atom stereocenters. The Kier molecular flexibility index (Phi) is 10.2. The van der Waals surface area contributed by atoms with Crippen molar-refractivity contribution in [3.05, 3.63) is 64.1 Å². The highest BCUT2D eigenvalue weighted by Crippen LogP contribution is 2.20. The van der Waals surface area contributed by atoms with Gasteiger partial charge in [-0.05, 0) is 56.4 Å². The molecule has 3 amide bonds. The van der Waals surface area contributed by atoms with Gasteiger partial charge in [0.1, 0.15) is 17.6 Å². The van der Waals surface area contributed by atoms with E-state index in [1.54, 1.807) is 32.4 Å². The Labute approximate surface area is 232 Å². The summed E-state index contributed by atoms with van der Waals surface area (Å²) in [7, 11) is 4.45. The van der Waals surface area contributed by atoms with Crippen molar-refractivity contribution in [2.75, 3.05) is 26.5 Å². The van der Waals surface area contributed by atoms with Crippen molar-refractivity contribution in [2.24, 2.45) is 5.92 Å². The van der Waals surface area contributed by atoms with E-state index in [1.165, 1.54) is 28.7 Å². The molecule has 3 N–H and O–H groups in total. The molecular weight excluding hydrogens is 514 g/mol. The zero-order chi connectivity index (χ0) is 29.4. The van der Waals surface area contributed by atoms with E-state index in [2.05, 4.69) is 44.2 Å². The molecule has 0 aromatic carbocycles.